The Bertz CT molecular complexity index is 789. The lowest BCUT2D eigenvalue weighted by molar-refractivity contribution is 0.0759. The van der Waals surface area contributed by atoms with Crippen molar-refractivity contribution in [1.82, 2.24) is 24.6 Å². The number of morpholine rings is 1. The zero-order valence-electron chi connectivity index (χ0n) is 15.5. The summed E-state index contributed by atoms with van der Waals surface area (Å²) in [6.45, 7) is 6.89. The Hall–Kier alpha value is -2.68. The van der Waals surface area contributed by atoms with Gasteiger partial charge in [-0.1, -0.05) is 0 Å². The topological polar surface area (TPSA) is 85.6 Å². The largest absolute Gasteiger partial charge is 0.472 e. The normalized spacial score (nSPS) is 20.1. The standard InChI is InChI=1S/C18H24N6O3/c1-2-24-15(3-5-21-24)18(25)23-6-4-14(12-23)27-17-11-16(19-13-20-17)22-7-9-26-10-8-22/h3,5,11,13-14H,2,4,6-10,12H2,1H3. The number of carbonyl (C=O) groups excluding carboxylic acids is 1. The van der Waals surface area contributed by atoms with Crippen LogP contribution in [0.2, 0.25) is 0 Å². The molecule has 4 heterocycles. The molecular weight excluding hydrogens is 348 g/mol. The van der Waals surface area contributed by atoms with Crippen LogP contribution in [-0.2, 0) is 11.3 Å². The lowest BCUT2D eigenvalue weighted by Gasteiger charge is -2.27. The Kier molecular flexibility index (Phi) is 5.19. The van der Waals surface area contributed by atoms with Gasteiger partial charge in [0.05, 0.1) is 19.8 Å². The SMILES string of the molecule is CCn1nccc1C(=O)N1CCC(Oc2cc(N3CCOCC3)ncn2)C1. The van der Waals surface area contributed by atoms with Gasteiger partial charge in [-0.05, 0) is 13.0 Å². The molecule has 0 N–H and O–H groups in total. The van der Waals surface area contributed by atoms with Gasteiger partial charge in [-0.3, -0.25) is 9.48 Å². The predicted octanol–water partition coefficient (Wildman–Crippen LogP) is 0.823. The van der Waals surface area contributed by atoms with Gasteiger partial charge in [0, 0.05) is 44.9 Å². The van der Waals surface area contributed by atoms with E-state index in [1.54, 1.807) is 16.9 Å². The van der Waals surface area contributed by atoms with Crippen LogP contribution in [-0.4, -0.2) is 76.1 Å². The highest BCUT2D eigenvalue weighted by molar-refractivity contribution is 5.92. The molecule has 2 aliphatic rings. The smallest absolute Gasteiger partial charge is 0.272 e. The Morgan fingerprint density at radius 1 is 1.30 bits per heavy atom. The van der Waals surface area contributed by atoms with E-state index in [0.29, 0.717) is 44.4 Å². The number of aryl methyl sites for hydroxylation is 1. The van der Waals surface area contributed by atoms with Gasteiger partial charge in [-0.2, -0.15) is 5.10 Å². The van der Waals surface area contributed by atoms with Crippen molar-refractivity contribution in [1.29, 1.82) is 0 Å². The third kappa shape index (κ3) is 3.87. The average molecular weight is 372 g/mol. The molecule has 1 unspecified atom stereocenters. The first kappa shape index (κ1) is 17.7. The molecule has 1 atom stereocenters. The Morgan fingerprint density at radius 2 is 2.15 bits per heavy atom. The van der Waals surface area contributed by atoms with Crippen molar-refractivity contribution < 1.29 is 14.3 Å². The van der Waals surface area contributed by atoms with E-state index in [-0.39, 0.29) is 12.0 Å². The van der Waals surface area contributed by atoms with Crippen molar-refractivity contribution in [3.05, 3.63) is 30.4 Å². The van der Waals surface area contributed by atoms with E-state index in [1.807, 2.05) is 17.9 Å². The summed E-state index contributed by atoms with van der Waals surface area (Å²) in [5, 5.41) is 4.18. The molecule has 0 spiro atoms. The summed E-state index contributed by atoms with van der Waals surface area (Å²) in [4.78, 5) is 25.3. The van der Waals surface area contributed by atoms with Gasteiger partial charge in [0.15, 0.2) is 0 Å². The second-order valence-corrected chi connectivity index (χ2v) is 6.63. The van der Waals surface area contributed by atoms with Gasteiger partial charge in [0.25, 0.3) is 5.91 Å². The number of hydrogen-bond acceptors (Lipinski definition) is 7. The number of hydrogen-bond donors (Lipinski definition) is 0. The van der Waals surface area contributed by atoms with Crippen LogP contribution in [0.5, 0.6) is 5.88 Å². The van der Waals surface area contributed by atoms with Crippen LogP contribution >= 0.6 is 0 Å². The molecular formula is C18H24N6O3. The number of nitrogens with zero attached hydrogens (tertiary/aromatic N) is 6. The van der Waals surface area contributed by atoms with Crippen molar-refractivity contribution in [3.63, 3.8) is 0 Å². The summed E-state index contributed by atoms with van der Waals surface area (Å²) in [6, 6.07) is 3.63. The summed E-state index contributed by atoms with van der Waals surface area (Å²) in [5.74, 6) is 1.39. The molecule has 0 aromatic carbocycles. The van der Waals surface area contributed by atoms with Crippen molar-refractivity contribution in [2.24, 2.45) is 0 Å². The first-order valence-electron chi connectivity index (χ1n) is 9.37. The van der Waals surface area contributed by atoms with Gasteiger partial charge in [-0.25, -0.2) is 9.97 Å². The molecule has 9 nitrogen and oxygen atoms in total. The molecule has 27 heavy (non-hydrogen) atoms. The van der Waals surface area contributed by atoms with Crippen LogP contribution in [0.25, 0.3) is 0 Å². The number of anilines is 1. The molecule has 2 aromatic rings. The minimum absolute atomic E-state index is 0.00265. The third-order valence-corrected chi connectivity index (χ3v) is 4.92. The maximum atomic E-state index is 12.7. The third-order valence-electron chi connectivity index (χ3n) is 4.92. The summed E-state index contributed by atoms with van der Waals surface area (Å²) in [7, 11) is 0. The molecule has 9 heteroatoms. The fourth-order valence-electron chi connectivity index (χ4n) is 3.47. The van der Waals surface area contributed by atoms with Crippen molar-refractivity contribution in [2.75, 3.05) is 44.3 Å². The van der Waals surface area contributed by atoms with Crippen LogP contribution < -0.4 is 9.64 Å². The number of ether oxygens (including phenoxy) is 2. The molecule has 1 amide bonds. The molecule has 0 saturated carbocycles. The quantitative estimate of drug-likeness (QED) is 0.768. The fourth-order valence-corrected chi connectivity index (χ4v) is 3.47. The molecule has 2 saturated heterocycles. The van der Waals surface area contributed by atoms with E-state index in [4.69, 9.17) is 9.47 Å². The first-order chi connectivity index (χ1) is 13.2. The van der Waals surface area contributed by atoms with Gasteiger partial charge < -0.3 is 19.3 Å². The predicted molar refractivity (Wildman–Crippen MR) is 97.9 cm³/mol. The second kappa shape index (κ2) is 7.91. The minimum atomic E-state index is -0.0700. The van der Waals surface area contributed by atoms with Crippen LogP contribution in [0.4, 0.5) is 5.82 Å². The zero-order valence-corrected chi connectivity index (χ0v) is 15.5. The monoisotopic (exact) mass is 372 g/mol. The van der Waals surface area contributed by atoms with E-state index in [2.05, 4.69) is 20.0 Å². The van der Waals surface area contributed by atoms with Gasteiger partial charge in [0.1, 0.15) is 23.9 Å². The van der Waals surface area contributed by atoms with E-state index >= 15 is 0 Å². The minimum Gasteiger partial charge on any atom is -0.472 e. The fraction of sp³-hybridized carbons (Fsp3) is 0.556. The van der Waals surface area contributed by atoms with E-state index < -0.39 is 0 Å². The molecule has 2 fully saturated rings. The summed E-state index contributed by atoms with van der Waals surface area (Å²) in [6.07, 6.45) is 3.90. The Morgan fingerprint density at radius 3 is 2.96 bits per heavy atom. The van der Waals surface area contributed by atoms with E-state index in [1.165, 1.54) is 6.33 Å². The number of amides is 1. The number of aromatic nitrogens is 4. The van der Waals surface area contributed by atoms with Crippen molar-refractivity contribution in [2.45, 2.75) is 26.0 Å². The van der Waals surface area contributed by atoms with E-state index in [0.717, 1.165) is 25.3 Å². The van der Waals surface area contributed by atoms with Crippen LogP contribution in [0, 0.1) is 0 Å². The molecule has 144 valence electrons. The van der Waals surface area contributed by atoms with Gasteiger partial charge >= 0.3 is 0 Å². The lowest BCUT2D eigenvalue weighted by atomic mass is 10.3. The molecule has 2 aliphatic heterocycles. The van der Waals surface area contributed by atoms with Crippen molar-refractivity contribution in [3.8, 4) is 5.88 Å². The van der Waals surface area contributed by atoms with Gasteiger partial charge in [0.2, 0.25) is 5.88 Å². The molecule has 0 aliphatic carbocycles. The van der Waals surface area contributed by atoms with Crippen LogP contribution in [0.15, 0.2) is 24.7 Å². The Balaban J connectivity index is 1.38. The number of rotatable bonds is 5. The molecule has 4 rings (SSSR count). The summed E-state index contributed by atoms with van der Waals surface area (Å²) >= 11 is 0. The highest BCUT2D eigenvalue weighted by Gasteiger charge is 2.30. The molecule has 0 bridgehead atoms. The molecule has 0 radical (unpaired) electrons. The summed E-state index contributed by atoms with van der Waals surface area (Å²) in [5.41, 5.74) is 0.620. The average Bonchev–Trinajstić information content (AvgIpc) is 3.38. The lowest BCUT2D eigenvalue weighted by Crippen LogP contribution is -2.36. The second-order valence-electron chi connectivity index (χ2n) is 6.63. The molecule has 2 aromatic heterocycles. The highest BCUT2D eigenvalue weighted by Crippen LogP contribution is 2.21. The maximum Gasteiger partial charge on any atom is 0.272 e. The zero-order chi connectivity index (χ0) is 18.6. The highest BCUT2D eigenvalue weighted by atomic mass is 16.5. The number of carbonyl (C=O) groups is 1. The van der Waals surface area contributed by atoms with E-state index in [9.17, 15) is 4.79 Å². The summed E-state index contributed by atoms with van der Waals surface area (Å²) < 4.78 is 13.1. The first-order valence-corrected chi connectivity index (χ1v) is 9.37. The van der Waals surface area contributed by atoms with Crippen molar-refractivity contribution >= 4 is 11.7 Å². The van der Waals surface area contributed by atoms with Crippen LogP contribution in [0.3, 0.4) is 0 Å². The van der Waals surface area contributed by atoms with Crippen LogP contribution in [0.1, 0.15) is 23.8 Å². The number of likely N-dealkylation sites (tertiary alicyclic amines) is 1. The Labute approximate surface area is 157 Å². The maximum absolute atomic E-state index is 12.7. The van der Waals surface area contributed by atoms with Gasteiger partial charge in [-0.15, -0.1) is 0 Å².